The zero-order valence-corrected chi connectivity index (χ0v) is 17.6. The molecular formula is C31H22O. The molecule has 1 heteroatoms. The molecule has 5 aromatic carbocycles. The number of hydrogen-bond acceptors (Lipinski definition) is 1. The number of benzene rings is 5. The lowest BCUT2D eigenvalue weighted by atomic mass is 9.93. The number of ether oxygens (including phenoxy) is 1. The fraction of sp³-hybridized carbons (Fsp3) is 0.0323. The van der Waals surface area contributed by atoms with Gasteiger partial charge in [0.15, 0.2) is 0 Å². The Bertz CT molecular complexity index is 1490. The van der Waals surface area contributed by atoms with Crippen LogP contribution in [0.25, 0.3) is 44.8 Å². The van der Waals surface area contributed by atoms with Crippen molar-refractivity contribution in [1.29, 1.82) is 0 Å². The van der Waals surface area contributed by atoms with E-state index in [0.717, 1.165) is 16.9 Å². The van der Waals surface area contributed by atoms with Gasteiger partial charge in [-0.1, -0.05) is 109 Å². The molecule has 0 amide bonds. The minimum absolute atomic E-state index is 0.120. The van der Waals surface area contributed by atoms with Crippen LogP contribution in [0, 0.1) is 0 Å². The molecule has 1 aliphatic rings. The molecule has 1 heterocycles. The van der Waals surface area contributed by atoms with Crippen LogP contribution in [0.3, 0.4) is 0 Å². The third-order valence-electron chi connectivity index (χ3n) is 6.12. The second-order valence-corrected chi connectivity index (χ2v) is 8.12. The van der Waals surface area contributed by atoms with Crippen molar-refractivity contribution in [2.75, 3.05) is 0 Å². The first-order valence-electron chi connectivity index (χ1n) is 11.0. The van der Waals surface area contributed by atoms with Crippen LogP contribution in [0.5, 0.6) is 5.75 Å². The van der Waals surface area contributed by atoms with Crippen molar-refractivity contribution in [2.24, 2.45) is 0 Å². The van der Waals surface area contributed by atoms with Gasteiger partial charge >= 0.3 is 0 Å². The highest BCUT2D eigenvalue weighted by Gasteiger charge is 2.20. The van der Waals surface area contributed by atoms with Crippen molar-refractivity contribution in [3.8, 4) is 16.9 Å². The molecule has 1 unspecified atom stereocenters. The van der Waals surface area contributed by atoms with Gasteiger partial charge in [-0.15, -0.1) is 0 Å². The minimum Gasteiger partial charge on any atom is -0.481 e. The topological polar surface area (TPSA) is 9.23 Å². The van der Waals surface area contributed by atoms with Gasteiger partial charge in [-0.25, -0.2) is 0 Å². The predicted octanol–water partition coefficient (Wildman–Crippen LogP) is 8.15. The van der Waals surface area contributed by atoms with Crippen LogP contribution >= 0.6 is 0 Å². The summed E-state index contributed by atoms with van der Waals surface area (Å²) in [6.07, 6.45) is 8.55. The van der Waals surface area contributed by atoms with E-state index in [2.05, 4.69) is 121 Å². The van der Waals surface area contributed by atoms with Crippen molar-refractivity contribution in [3.05, 3.63) is 126 Å². The summed E-state index contributed by atoms with van der Waals surface area (Å²) in [5, 5.41) is 4.94. The molecule has 0 aromatic heterocycles. The molecule has 0 radical (unpaired) electrons. The maximum atomic E-state index is 6.59. The highest BCUT2D eigenvalue weighted by atomic mass is 16.5. The normalized spacial score (nSPS) is 15.2. The van der Waals surface area contributed by atoms with Crippen molar-refractivity contribution in [3.63, 3.8) is 0 Å². The van der Waals surface area contributed by atoms with Crippen LogP contribution in [0.4, 0.5) is 0 Å². The summed E-state index contributed by atoms with van der Waals surface area (Å²) in [7, 11) is 0. The zero-order chi connectivity index (χ0) is 21.3. The summed E-state index contributed by atoms with van der Waals surface area (Å²) in [5.41, 5.74) is 4.65. The molecule has 5 aromatic rings. The highest BCUT2D eigenvalue weighted by Crippen LogP contribution is 2.42. The molecule has 152 valence electrons. The van der Waals surface area contributed by atoms with Crippen LogP contribution in [-0.4, -0.2) is 6.10 Å². The second-order valence-electron chi connectivity index (χ2n) is 8.12. The fourth-order valence-corrected chi connectivity index (χ4v) is 4.55. The van der Waals surface area contributed by atoms with E-state index in [1.54, 1.807) is 0 Å². The molecule has 0 saturated carbocycles. The Kier molecular flexibility index (Phi) is 4.58. The summed E-state index contributed by atoms with van der Waals surface area (Å²) in [6, 6.07) is 36.2. The van der Waals surface area contributed by atoms with E-state index in [1.165, 1.54) is 32.7 Å². The van der Waals surface area contributed by atoms with Crippen LogP contribution in [0.1, 0.15) is 11.1 Å². The van der Waals surface area contributed by atoms with E-state index in [-0.39, 0.29) is 6.10 Å². The maximum absolute atomic E-state index is 6.59. The van der Waals surface area contributed by atoms with Gasteiger partial charge in [-0.05, 0) is 50.9 Å². The molecule has 0 aliphatic carbocycles. The van der Waals surface area contributed by atoms with Crippen LogP contribution < -0.4 is 4.74 Å². The van der Waals surface area contributed by atoms with Gasteiger partial charge in [0.25, 0.3) is 0 Å². The Morgan fingerprint density at radius 1 is 0.656 bits per heavy atom. The standard InChI is InChI=1S/C31H22O/c1-2-9-23(10-3-1)30-21-25-12-5-7-16-28(25)29-20-19-26(32-31(29)30)18-17-24-14-8-13-22-11-4-6-15-27(22)24/h1-21,26H. The number of hydrogen-bond donors (Lipinski definition) is 0. The van der Waals surface area contributed by atoms with E-state index in [4.69, 9.17) is 4.74 Å². The molecule has 1 aliphatic heterocycles. The molecule has 0 spiro atoms. The van der Waals surface area contributed by atoms with Crippen molar-refractivity contribution < 1.29 is 4.74 Å². The van der Waals surface area contributed by atoms with Gasteiger partial charge in [0.2, 0.25) is 0 Å². The SMILES string of the molecule is C(=CC1C=Cc2c(c(-c3ccccc3)cc3ccccc23)O1)c1cccc2ccccc12. The molecule has 1 atom stereocenters. The van der Waals surface area contributed by atoms with Gasteiger partial charge in [0, 0.05) is 11.1 Å². The predicted molar refractivity (Wildman–Crippen MR) is 136 cm³/mol. The number of rotatable bonds is 3. The molecule has 0 bridgehead atoms. The molecular weight excluding hydrogens is 388 g/mol. The van der Waals surface area contributed by atoms with Crippen LogP contribution in [0.2, 0.25) is 0 Å². The third kappa shape index (κ3) is 3.29. The third-order valence-corrected chi connectivity index (χ3v) is 6.12. The lowest BCUT2D eigenvalue weighted by Gasteiger charge is -2.24. The van der Waals surface area contributed by atoms with E-state index < -0.39 is 0 Å². The molecule has 0 saturated heterocycles. The van der Waals surface area contributed by atoms with E-state index in [0.29, 0.717) is 0 Å². The Balaban J connectivity index is 1.43. The molecule has 32 heavy (non-hydrogen) atoms. The van der Waals surface area contributed by atoms with Gasteiger partial charge in [-0.2, -0.15) is 0 Å². The van der Waals surface area contributed by atoms with E-state index in [9.17, 15) is 0 Å². The Hall–Kier alpha value is -4.10. The minimum atomic E-state index is -0.120. The number of fused-ring (bicyclic) bond motifs is 4. The van der Waals surface area contributed by atoms with Gasteiger partial charge in [0.05, 0.1) is 0 Å². The van der Waals surface area contributed by atoms with Gasteiger partial charge in [-0.3, -0.25) is 0 Å². The van der Waals surface area contributed by atoms with Crippen molar-refractivity contribution in [2.45, 2.75) is 6.10 Å². The fourth-order valence-electron chi connectivity index (χ4n) is 4.55. The first-order valence-corrected chi connectivity index (χ1v) is 11.0. The lowest BCUT2D eigenvalue weighted by Crippen LogP contribution is -2.15. The van der Waals surface area contributed by atoms with E-state index >= 15 is 0 Å². The summed E-state index contributed by atoms with van der Waals surface area (Å²) in [4.78, 5) is 0. The van der Waals surface area contributed by atoms with Gasteiger partial charge in [0.1, 0.15) is 11.9 Å². The molecule has 6 rings (SSSR count). The molecule has 1 nitrogen and oxygen atoms in total. The largest absolute Gasteiger partial charge is 0.481 e. The Morgan fingerprint density at radius 2 is 1.38 bits per heavy atom. The summed E-state index contributed by atoms with van der Waals surface area (Å²) < 4.78 is 6.59. The van der Waals surface area contributed by atoms with Crippen LogP contribution in [-0.2, 0) is 0 Å². The highest BCUT2D eigenvalue weighted by molar-refractivity contribution is 5.99. The first-order chi connectivity index (χ1) is 15.9. The summed E-state index contributed by atoms with van der Waals surface area (Å²) >= 11 is 0. The van der Waals surface area contributed by atoms with E-state index in [1.807, 2.05) is 6.07 Å². The van der Waals surface area contributed by atoms with Gasteiger partial charge < -0.3 is 4.74 Å². The Morgan fingerprint density at radius 3 is 2.25 bits per heavy atom. The van der Waals surface area contributed by atoms with Crippen LogP contribution in [0.15, 0.2) is 115 Å². The average molecular weight is 411 g/mol. The summed E-state index contributed by atoms with van der Waals surface area (Å²) in [5.74, 6) is 0.949. The summed E-state index contributed by atoms with van der Waals surface area (Å²) in [6.45, 7) is 0. The molecule has 0 N–H and O–H groups in total. The van der Waals surface area contributed by atoms with Crippen molar-refractivity contribution >= 4 is 33.7 Å². The first kappa shape index (κ1) is 18.7. The average Bonchev–Trinajstić information content (AvgIpc) is 2.87. The smallest absolute Gasteiger partial charge is 0.136 e. The zero-order valence-electron chi connectivity index (χ0n) is 17.6. The quantitative estimate of drug-likeness (QED) is 0.292. The monoisotopic (exact) mass is 410 g/mol. The second kappa shape index (κ2) is 7.86. The molecule has 0 fully saturated rings. The lowest BCUT2D eigenvalue weighted by molar-refractivity contribution is 0.295. The van der Waals surface area contributed by atoms with Crippen molar-refractivity contribution in [1.82, 2.24) is 0 Å². The Labute approximate surface area is 187 Å². The maximum Gasteiger partial charge on any atom is 0.136 e.